The SMILES string of the molecule is CCn1nc(C)cc1C(=O)Nc1nc2cc(C(N)=O)cc(OC)c2n1C/C=C/Cn1c(NC(=O)c2cc(C)nn2CC)nc2cc(C(N)=O)cc(OCCCN(C)C(=O)[C@H](Cc3ccccc3)NC(=O)CCN3C(=O)C=CC3=O)c21. The molecule has 80 heavy (non-hydrogen) atoms. The average Bonchev–Trinajstić information content (AvgIpc) is 4.36. The van der Waals surface area contributed by atoms with Gasteiger partial charge in [0.15, 0.2) is 0 Å². The van der Waals surface area contributed by atoms with E-state index in [9.17, 15) is 38.4 Å². The number of aromatic nitrogens is 8. The van der Waals surface area contributed by atoms with E-state index in [1.165, 1.54) is 36.3 Å². The quantitative estimate of drug-likeness (QED) is 0.0310. The molecule has 0 unspecified atom stereocenters. The van der Waals surface area contributed by atoms with Crippen molar-refractivity contribution < 1.29 is 47.8 Å². The molecule has 7 N–H and O–H groups in total. The molecule has 0 aliphatic carbocycles. The second kappa shape index (κ2) is 24.6. The van der Waals surface area contributed by atoms with E-state index in [0.717, 1.165) is 22.6 Å². The van der Waals surface area contributed by atoms with Crippen LogP contribution in [-0.4, -0.2) is 136 Å². The van der Waals surface area contributed by atoms with E-state index >= 15 is 0 Å². The molecule has 0 fully saturated rings. The van der Waals surface area contributed by atoms with Crippen LogP contribution in [0.1, 0.15) is 85.3 Å². The van der Waals surface area contributed by atoms with Gasteiger partial charge >= 0.3 is 0 Å². The maximum atomic E-state index is 14.1. The molecule has 0 radical (unpaired) electrons. The van der Waals surface area contributed by atoms with E-state index in [2.05, 4.69) is 26.1 Å². The molecule has 25 heteroatoms. The number of imidazole rings is 2. The van der Waals surface area contributed by atoms with Crippen LogP contribution >= 0.6 is 0 Å². The third kappa shape index (κ3) is 12.6. The van der Waals surface area contributed by atoms with Gasteiger partial charge in [-0.25, -0.2) is 9.97 Å². The minimum Gasteiger partial charge on any atom is -0.494 e. The molecule has 4 aromatic heterocycles. The minimum atomic E-state index is -0.989. The van der Waals surface area contributed by atoms with Gasteiger partial charge in [0, 0.05) is 82.4 Å². The number of carbonyl (C=O) groups is 8. The van der Waals surface area contributed by atoms with E-state index in [4.69, 9.17) is 30.9 Å². The van der Waals surface area contributed by atoms with Gasteiger partial charge in [-0.3, -0.25) is 63.3 Å². The van der Waals surface area contributed by atoms with Crippen LogP contribution in [0.4, 0.5) is 11.9 Å². The van der Waals surface area contributed by atoms with Gasteiger partial charge in [-0.05, 0) is 76.1 Å². The molecule has 0 spiro atoms. The predicted octanol–water partition coefficient (Wildman–Crippen LogP) is 3.67. The number of nitrogens with zero attached hydrogens (tertiary/aromatic N) is 10. The molecule has 1 aliphatic heterocycles. The van der Waals surface area contributed by atoms with Crippen molar-refractivity contribution in [3.05, 3.63) is 131 Å². The Hall–Kier alpha value is -9.94. The highest BCUT2D eigenvalue weighted by atomic mass is 16.5. The smallest absolute Gasteiger partial charge is 0.276 e. The number of primary amides is 2. The van der Waals surface area contributed by atoms with Crippen molar-refractivity contribution in [1.82, 2.24) is 53.8 Å². The van der Waals surface area contributed by atoms with Crippen molar-refractivity contribution >= 4 is 81.2 Å². The Labute approximate surface area is 458 Å². The summed E-state index contributed by atoms with van der Waals surface area (Å²) >= 11 is 0. The summed E-state index contributed by atoms with van der Waals surface area (Å²) in [6, 6.07) is 17.4. The van der Waals surface area contributed by atoms with Crippen LogP contribution in [0.3, 0.4) is 0 Å². The molecule has 1 aliphatic rings. The molecule has 0 saturated heterocycles. The number of benzene rings is 3. The summed E-state index contributed by atoms with van der Waals surface area (Å²) < 4.78 is 18.6. The molecule has 0 saturated carbocycles. The lowest BCUT2D eigenvalue weighted by atomic mass is 10.0. The number of rotatable bonds is 25. The summed E-state index contributed by atoms with van der Waals surface area (Å²) in [6.07, 6.45) is 6.07. The Bertz CT molecular complexity index is 3610. The first-order valence-corrected chi connectivity index (χ1v) is 25.7. The summed E-state index contributed by atoms with van der Waals surface area (Å²) in [6.45, 7) is 8.26. The van der Waals surface area contributed by atoms with Crippen LogP contribution in [0.5, 0.6) is 11.5 Å². The van der Waals surface area contributed by atoms with Gasteiger partial charge in [-0.1, -0.05) is 42.5 Å². The van der Waals surface area contributed by atoms with Gasteiger partial charge < -0.3 is 40.3 Å². The zero-order valence-electron chi connectivity index (χ0n) is 45.0. The molecule has 416 valence electrons. The first-order chi connectivity index (χ1) is 38.4. The average molecular weight is 1090 g/mol. The van der Waals surface area contributed by atoms with Gasteiger partial charge in [-0.2, -0.15) is 10.2 Å². The van der Waals surface area contributed by atoms with E-state index in [-0.39, 0.29) is 97.8 Å². The van der Waals surface area contributed by atoms with Crippen molar-refractivity contribution in [1.29, 1.82) is 0 Å². The highest BCUT2D eigenvalue weighted by Gasteiger charge is 2.29. The van der Waals surface area contributed by atoms with Crippen LogP contribution in [0.15, 0.2) is 91.0 Å². The molecule has 1 atom stereocenters. The van der Waals surface area contributed by atoms with Crippen LogP contribution in [0.25, 0.3) is 22.1 Å². The van der Waals surface area contributed by atoms with Gasteiger partial charge in [0.05, 0.1) is 36.1 Å². The fourth-order valence-electron chi connectivity index (χ4n) is 9.23. The highest BCUT2D eigenvalue weighted by molar-refractivity contribution is 6.13. The number of anilines is 2. The molecule has 25 nitrogen and oxygen atoms in total. The third-order valence-electron chi connectivity index (χ3n) is 13.1. The van der Waals surface area contributed by atoms with Gasteiger partial charge in [0.1, 0.15) is 40.0 Å². The molecule has 7 aromatic rings. The molecule has 0 bridgehead atoms. The summed E-state index contributed by atoms with van der Waals surface area (Å²) in [7, 11) is 3.02. The molecular weight excluding hydrogens is 1030 g/mol. The number of ether oxygens (including phenoxy) is 2. The lowest BCUT2D eigenvalue weighted by Gasteiger charge is -2.25. The first kappa shape index (κ1) is 56.3. The number of hydrogen-bond acceptors (Lipinski definition) is 14. The lowest BCUT2D eigenvalue weighted by Crippen LogP contribution is -2.49. The fourth-order valence-corrected chi connectivity index (χ4v) is 9.23. The maximum absolute atomic E-state index is 14.1. The van der Waals surface area contributed by atoms with Crippen LogP contribution in [-0.2, 0) is 51.8 Å². The Kier molecular flexibility index (Phi) is 17.3. The largest absolute Gasteiger partial charge is 0.494 e. The standard InChI is InChI=1S/C55H61N15O10/c1-7-69-40(25-32(3)63-69)51(76)61-54-59-37-28-35(49(56)74)30-42(79-6)47(37)67(54)21-12-13-22-68-48-38(60-55(68)62-52(77)41-26-33(4)64-70(41)8-2)29-36(50(57)75)31-43(48)80-24-14-20-65(5)53(78)39(27-34-15-10-9-11-16-34)58-44(71)19-23-66-45(72)17-18-46(66)73/h9-13,15-18,25-26,28-31,39H,7-8,14,19-24,27H2,1-6H3,(H2,56,74)(H2,57,75)(H,58,71)(H,59,61,76)(H,60,62,77)/b13-12+/t39-/m0/s1. The second-order valence-corrected chi connectivity index (χ2v) is 18.7. The normalized spacial score (nSPS) is 12.7. The molecule has 3 aromatic carbocycles. The van der Waals surface area contributed by atoms with E-state index < -0.39 is 53.3 Å². The Morgan fingerprint density at radius 2 is 1.24 bits per heavy atom. The first-order valence-electron chi connectivity index (χ1n) is 25.7. The number of fused-ring (bicyclic) bond motifs is 2. The number of nitrogens with two attached hydrogens (primary N) is 2. The van der Waals surface area contributed by atoms with Crippen molar-refractivity contribution in [3.63, 3.8) is 0 Å². The molecule has 8 rings (SSSR count). The fraction of sp³-hybridized carbons (Fsp3) is 0.309. The lowest BCUT2D eigenvalue weighted by molar-refractivity contribution is -0.138. The number of methoxy groups -OCH3 is 1. The Balaban J connectivity index is 1.07. The highest BCUT2D eigenvalue weighted by Crippen LogP contribution is 2.33. The van der Waals surface area contributed by atoms with Crippen molar-refractivity contribution in [2.24, 2.45) is 11.5 Å². The zero-order valence-corrected chi connectivity index (χ0v) is 45.0. The monoisotopic (exact) mass is 1090 g/mol. The van der Waals surface area contributed by atoms with Crippen molar-refractivity contribution in [2.45, 2.75) is 79.2 Å². The number of aryl methyl sites for hydroxylation is 4. The number of likely N-dealkylation sites (N-methyl/N-ethyl adjacent to an activating group) is 1. The van der Waals surface area contributed by atoms with E-state index in [1.54, 1.807) is 63.7 Å². The van der Waals surface area contributed by atoms with Crippen molar-refractivity contribution in [3.8, 4) is 11.5 Å². The number of nitrogens with one attached hydrogen (secondary N) is 3. The van der Waals surface area contributed by atoms with Crippen LogP contribution in [0.2, 0.25) is 0 Å². The van der Waals surface area contributed by atoms with Crippen LogP contribution < -0.4 is 36.9 Å². The second-order valence-electron chi connectivity index (χ2n) is 18.7. The number of imide groups is 1. The number of amides is 8. The minimum absolute atomic E-state index is 0.00829. The summed E-state index contributed by atoms with van der Waals surface area (Å²) in [5.41, 5.74) is 15.8. The van der Waals surface area contributed by atoms with Gasteiger partial charge in [0.2, 0.25) is 35.5 Å². The Morgan fingerprint density at radius 3 is 1.74 bits per heavy atom. The molecular formula is C55H61N15O10. The zero-order chi connectivity index (χ0) is 57.4. The third-order valence-corrected chi connectivity index (χ3v) is 13.1. The summed E-state index contributed by atoms with van der Waals surface area (Å²) in [5.74, 6) is -3.77. The topological polar surface area (TPSA) is 321 Å². The van der Waals surface area contributed by atoms with Crippen LogP contribution in [0, 0.1) is 13.8 Å². The number of hydrogen-bond donors (Lipinski definition) is 5. The summed E-state index contributed by atoms with van der Waals surface area (Å²) in [5, 5.41) is 17.4. The Morgan fingerprint density at radius 1 is 0.725 bits per heavy atom. The maximum Gasteiger partial charge on any atom is 0.276 e. The van der Waals surface area contributed by atoms with Crippen molar-refractivity contribution in [2.75, 3.05) is 44.5 Å². The van der Waals surface area contributed by atoms with E-state index in [1.807, 2.05) is 44.2 Å². The summed E-state index contributed by atoms with van der Waals surface area (Å²) in [4.78, 5) is 116. The van der Waals surface area contributed by atoms with E-state index in [0.29, 0.717) is 46.7 Å². The predicted molar refractivity (Wildman–Crippen MR) is 294 cm³/mol. The number of carbonyl (C=O) groups excluding carboxylic acids is 8. The van der Waals surface area contributed by atoms with Gasteiger partial charge in [0.25, 0.3) is 23.6 Å². The molecule has 8 amide bonds. The number of allylic oxidation sites excluding steroid dienone is 2. The molecule has 5 heterocycles. The van der Waals surface area contributed by atoms with Gasteiger partial charge in [-0.15, -0.1) is 0 Å².